The molecule has 5 heteroatoms. The number of carbonyl (C=O) groups is 1. The minimum absolute atomic E-state index is 0.154. The Morgan fingerprint density at radius 3 is 2.76 bits per heavy atom. The second-order valence-electron chi connectivity index (χ2n) is 4.45. The second-order valence-corrected chi connectivity index (χ2v) is 5.31. The predicted molar refractivity (Wildman–Crippen MR) is 86.1 cm³/mol. The molecule has 0 saturated carbocycles. The van der Waals surface area contributed by atoms with E-state index < -0.39 is 0 Å². The first kappa shape index (κ1) is 13.6. The van der Waals surface area contributed by atoms with Gasteiger partial charge in [0, 0.05) is 28.1 Å². The highest BCUT2D eigenvalue weighted by Gasteiger charge is 2.10. The van der Waals surface area contributed by atoms with Crippen LogP contribution in [-0.4, -0.2) is 15.9 Å². The molecule has 0 fully saturated rings. The minimum Gasteiger partial charge on any atom is -0.345 e. The minimum atomic E-state index is -0.154. The van der Waals surface area contributed by atoms with Gasteiger partial charge < -0.3 is 10.3 Å². The number of amides is 1. The fourth-order valence-electron chi connectivity index (χ4n) is 2.01. The van der Waals surface area contributed by atoms with Gasteiger partial charge in [0.2, 0.25) is 0 Å². The molecule has 2 N–H and O–H groups in total. The van der Waals surface area contributed by atoms with Gasteiger partial charge >= 0.3 is 0 Å². The zero-order valence-corrected chi connectivity index (χ0v) is 12.6. The van der Waals surface area contributed by atoms with E-state index in [9.17, 15) is 4.79 Å². The lowest BCUT2D eigenvalue weighted by Gasteiger charge is -2.08. The third-order valence-electron chi connectivity index (χ3n) is 3.01. The predicted octanol–water partition coefficient (Wildman–Crippen LogP) is 4.09. The first-order valence-electron chi connectivity index (χ1n) is 6.40. The first-order chi connectivity index (χ1) is 10.2. The lowest BCUT2D eigenvalue weighted by molar-refractivity contribution is 0.102. The fourth-order valence-corrected chi connectivity index (χ4v) is 2.48. The molecule has 1 heterocycles. The number of nitrogens with one attached hydrogen (secondary N) is 2. The number of hydrogen-bond acceptors (Lipinski definition) is 2. The Kier molecular flexibility index (Phi) is 3.83. The van der Waals surface area contributed by atoms with Crippen LogP contribution in [-0.2, 0) is 0 Å². The fraction of sp³-hybridized carbons (Fsp3) is 0. The average Bonchev–Trinajstić information content (AvgIpc) is 3.02. The number of rotatable bonds is 3. The molecule has 0 atom stereocenters. The van der Waals surface area contributed by atoms with Crippen molar-refractivity contribution in [3.63, 3.8) is 0 Å². The van der Waals surface area contributed by atoms with Gasteiger partial charge in [-0.15, -0.1) is 0 Å². The summed E-state index contributed by atoms with van der Waals surface area (Å²) in [6, 6.07) is 14.9. The van der Waals surface area contributed by atoms with Crippen LogP contribution < -0.4 is 5.32 Å². The number of hydrogen-bond donors (Lipinski definition) is 2. The molecule has 1 amide bonds. The molecular formula is C16H12BrN3O. The number of aromatic amines is 1. The van der Waals surface area contributed by atoms with E-state index in [0.29, 0.717) is 5.56 Å². The van der Waals surface area contributed by atoms with Crippen LogP contribution in [0.4, 0.5) is 5.69 Å². The Labute approximate surface area is 130 Å². The highest BCUT2D eigenvalue weighted by molar-refractivity contribution is 9.10. The Hall–Kier alpha value is -2.40. The van der Waals surface area contributed by atoms with Gasteiger partial charge in [-0.1, -0.05) is 24.3 Å². The maximum absolute atomic E-state index is 12.3. The summed E-state index contributed by atoms with van der Waals surface area (Å²) in [6.07, 6.45) is 3.46. The maximum Gasteiger partial charge on any atom is 0.256 e. The van der Waals surface area contributed by atoms with Gasteiger partial charge in [-0.25, -0.2) is 4.98 Å². The summed E-state index contributed by atoms with van der Waals surface area (Å²) in [4.78, 5) is 19.5. The van der Waals surface area contributed by atoms with Gasteiger partial charge in [-0.05, 0) is 40.2 Å². The number of aromatic nitrogens is 2. The Balaban J connectivity index is 1.84. The van der Waals surface area contributed by atoms with Crippen molar-refractivity contribution in [1.82, 2.24) is 9.97 Å². The molecule has 1 aromatic heterocycles. The zero-order valence-electron chi connectivity index (χ0n) is 11.0. The van der Waals surface area contributed by atoms with Crippen molar-refractivity contribution in [3.05, 3.63) is 71.0 Å². The SMILES string of the molecule is O=C(Nc1cccc(-c2ncc[nH]2)c1)c1ccccc1Br. The van der Waals surface area contributed by atoms with E-state index in [2.05, 4.69) is 31.2 Å². The van der Waals surface area contributed by atoms with E-state index in [1.807, 2.05) is 42.5 Å². The Morgan fingerprint density at radius 1 is 1.14 bits per heavy atom. The monoisotopic (exact) mass is 341 g/mol. The van der Waals surface area contributed by atoms with Crippen molar-refractivity contribution in [2.45, 2.75) is 0 Å². The van der Waals surface area contributed by atoms with Crippen LogP contribution in [0.3, 0.4) is 0 Å². The van der Waals surface area contributed by atoms with E-state index >= 15 is 0 Å². The molecule has 0 aliphatic rings. The van der Waals surface area contributed by atoms with Gasteiger partial charge in [-0.3, -0.25) is 4.79 Å². The molecule has 0 saturated heterocycles. The standard InChI is InChI=1S/C16H12BrN3O/c17-14-7-2-1-6-13(14)16(21)20-12-5-3-4-11(10-12)15-18-8-9-19-15/h1-10H,(H,18,19)(H,20,21). The highest BCUT2D eigenvalue weighted by atomic mass is 79.9. The third-order valence-corrected chi connectivity index (χ3v) is 3.70. The molecule has 0 aliphatic carbocycles. The third kappa shape index (κ3) is 3.03. The highest BCUT2D eigenvalue weighted by Crippen LogP contribution is 2.21. The first-order valence-corrected chi connectivity index (χ1v) is 7.19. The van der Waals surface area contributed by atoms with Crippen molar-refractivity contribution in [3.8, 4) is 11.4 Å². The molecule has 21 heavy (non-hydrogen) atoms. The van der Waals surface area contributed by atoms with Gasteiger partial charge in [-0.2, -0.15) is 0 Å². The Morgan fingerprint density at radius 2 is 2.00 bits per heavy atom. The van der Waals surface area contributed by atoms with Crippen molar-refractivity contribution < 1.29 is 4.79 Å². The van der Waals surface area contributed by atoms with Crippen LogP contribution >= 0.6 is 15.9 Å². The van der Waals surface area contributed by atoms with E-state index in [-0.39, 0.29) is 5.91 Å². The summed E-state index contributed by atoms with van der Waals surface area (Å²) >= 11 is 3.38. The largest absolute Gasteiger partial charge is 0.345 e. The number of anilines is 1. The summed E-state index contributed by atoms with van der Waals surface area (Å²) in [7, 11) is 0. The van der Waals surface area contributed by atoms with Crippen LogP contribution in [0.25, 0.3) is 11.4 Å². The van der Waals surface area contributed by atoms with E-state index in [1.165, 1.54) is 0 Å². The van der Waals surface area contributed by atoms with Crippen molar-refractivity contribution in [2.24, 2.45) is 0 Å². The van der Waals surface area contributed by atoms with Crippen LogP contribution in [0.2, 0.25) is 0 Å². The number of carbonyl (C=O) groups excluding carboxylic acids is 1. The normalized spacial score (nSPS) is 10.3. The lowest BCUT2D eigenvalue weighted by atomic mass is 10.1. The van der Waals surface area contributed by atoms with Gasteiger partial charge in [0.15, 0.2) is 0 Å². The second kappa shape index (κ2) is 5.93. The smallest absolute Gasteiger partial charge is 0.256 e. The molecule has 0 aliphatic heterocycles. The Bertz CT molecular complexity index is 769. The van der Waals surface area contributed by atoms with Gasteiger partial charge in [0.1, 0.15) is 5.82 Å². The summed E-state index contributed by atoms with van der Waals surface area (Å²) in [5, 5.41) is 2.89. The van der Waals surface area contributed by atoms with Crippen molar-refractivity contribution in [2.75, 3.05) is 5.32 Å². The average molecular weight is 342 g/mol. The molecule has 0 radical (unpaired) electrons. The van der Waals surface area contributed by atoms with Crippen LogP contribution in [0.1, 0.15) is 10.4 Å². The number of benzene rings is 2. The summed E-state index contributed by atoms with van der Waals surface area (Å²) in [5.74, 6) is 0.617. The molecule has 0 bridgehead atoms. The molecule has 0 spiro atoms. The topological polar surface area (TPSA) is 57.8 Å². The molecule has 3 aromatic rings. The molecule has 2 aromatic carbocycles. The van der Waals surface area contributed by atoms with E-state index in [4.69, 9.17) is 0 Å². The molecule has 0 unspecified atom stereocenters. The molecule has 4 nitrogen and oxygen atoms in total. The number of halogens is 1. The summed E-state index contributed by atoms with van der Waals surface area (Å²) < 4.78 is 0.768. The molecule has 3 rings (SSSR count). The van der Waals surface area contributed by atoms with E-state index in [0.717, 1.165) is 21.5 Å². The van der Waals surface area contributed by atoms with Crippen molar-refractivity contribution >= 4 is 27.5 Å². The van der Waals surface area contributed by atoms with Crippen molar-refractivity contribution in [1.29, 1.82) is 0 Å². The quantitative estimate of drug-likeness (QED) is 0.753. The van der Waals surface area contributed by atoms with Crippen LogP contribution in [0.15, 0.2) is 65.4 Å². The maximum atomic E-state index is 12.3. The van der Waals surface area contributed by atoms with E-state index in [1.54, 1.807) is 18.5 Å². The van der Waals surface area contributed by atoms with Gasteiger partial charge in [0.25, 0.3) is 5.91 Å². The number of imidazole rings is 1. The summed E-state index contributed by atoms with van der Waals surface area (Å²) in [6.45, 7) is 0. The molecule has 104 valence electrons. The zero-order chi connectivity index (χ0) is 14.7. The number of H-pyrrole nitrogens is 1. The lowest BCUT2D eigenvalue weighted by Crippen LogP contribution is -2.12. The summed E-state index contributed by atoms with van der Waals surface area (Å²) in [5.41, 5.74) is 2.25. The van der Waals surface area contributed by atoms with Crippen LogP contribution in [0.5, 0.6) is 0 Å². The number of nitrogens with zero attached hydrogens (tertiary/aromatic N) is 1. The van der Waals surface area contributed by atoms with Gasteiger partial charge in [0.05, 0.1) is 5.56 Å². The molecular weight excluding hydrogens is 330 g/mol. The van der Waals surface area contributed by atoms with Crippen LogP contribution in [0, 0.1) is 0 Å².